The van der Waals surface area contributed by atoms with Crippen molar-refractivity contribution in [2.75, 3.05) is 4.90 Å². The number of carbonyl (C=O) groups excluding carboxylic acids is 2. The minimum absolute atomic E-state index is 0.0314. The lowest BCUT2D eigenvalue weighted by atomic mass is 10.2. The van der Waals surface area contributed by atoms with Crippen LogP contribution in [0.1, 0.15) is 17.5 Å². The Morgan fingerprint density at radius 2 is 1.96 bits per heavy atom. The first-order chi connectivity index (χ1) is 13.4. The molecular weight excluding hydrogens is 380 g/mol. The monoisotopic (exact) mass is 398 g/mol. The van der Waals surface area contributed by atoms with Crippen LogP contribution in [0.25, 0.3) is 0 Å². The molecule has 2 aromatic carbocycles. The number of para-hydroxylation sites is 1. The number of thioether (sulfide) groups is 1. The lowest BCUT2D eigenvalue weighted by Crippen LogP contribution is -2.32. The number of benzene rings is 2. The quantitative estimate of drug-likeness (QED) is 0.238. The van der Waals surface area contributed by atoms with Crippen molar-refractivity contribution in [1.29, 1.82) is 0 Å². The zero-order valence-electron chi connectivity index (χ0n) is 14.9. The van der Waals surface area contributed by atoms with Crippen LogP contribution >= 0.6 is 11.8 Å². The molecule has 0 aliphatic carbocycles. The SMILES string of the molecule is Cc1ccccc1N1C(=O)CC(SC(N)=NN=Cc2ccc(O)c(O)c2)C1=O. The highest BCUT2D eigenvalue weighted by Gasteiger charge is 2.41. The number of nitrogens with two attached hydrogens (primary N) is 1. The van der Waals surface area contributed by atoms with Crippen LogP contribution in [0.2, 0.25) is 0 Å². The third-order valence-corrected chi connectivity index (χ3v) is 5.06. The Morgan fingerprint density at radius 3 is 2.68 bits per heavy atom. The van der Waals surface area contributed by atoms with E-state index in [0.29, 0.717) is 11.3 Å². The molecule has 3 rings (SSSR count). The number of aromatic hydroxyl groups is 2. The molecule has 1 aliphatic heterocycles. The number of imide groups is 1. The molecule has 0 saturated carbocycles. The molecule has 1 unspecified atom stereocenters. The molecule has 0 radical (unpaired) electrons. The van der Waals surface area contributed by atoms with Gasteiger partial charge in [0.05, 0.1) is 11.9 Å². The van der Waals surface area contributed by atoms with E-state index in [1.54, 1.807) is 12.1 Å². The highest BCUT2D eigenvalue weighted by molar-refractivity contribution is 8.14. The summed E-state index contributed by atoms with van der Waals surface area (Å²) in [6.45, 7) is 1.84. The minimum atomic E-state index is -0.663. The molecular formula is C19H18N4O4S. The summed E-state index contributed by atoms with van der Waals surface area (Å²) in [4.78, 5) is 26.2. The average Bonchev–Trinajstić information content (AvgIpc) is 2.92. The minimum Gasteiger partial charge on any atom is -0.504 e. The second-order valence-electron chi connectivity index (χ2n) is 6.10. The molecule has 28 heavy (non-hydrogen) atoms. The standard InChI is InChI=1S/C19H18N4O4S/c1-11-4-2-3-5-13(11)23-17(26)9-16(18(23)27)28-19(20)22-21-10-12-6-7-14(24)15(25)8-12/h2-8,10,16,24-25H,9H2,1H3,(H2,20,22). The first-order valence-electron chi connectivity index (χ1n) is 8.34. The molecule has 1 fully saturated rings. The number of hydrogen-bond acceptors (Lipinski definition) is 7. The van der Waals surface area contributed by atoms with Gasteiger partial charge >= 0.3 is 0 Å². The lowest BCUT2D eigenvalue weighted by Gasteiger charge is -2.16. The van der Waals surface area contributed by atoms with Crippen LogP contribution in [0.4, 0.5) is 5.69 Å². The van der Waals surface area contributed by atoms with Gasteiger partial charge in [-0.1, -0.05) is 30.0 Å². The van der Waals surface area contributed by atoms with E-state index in [9.17, 15) is 19.8 Å². The summed E-state index contributed by atoms with van der Waals surface area (Å²) in [5, 5.41) is 25.7. The van der Waals surface area contributed by atoms with E-state index in [1.165, 1.54) is 29.3 Å². The number of amidine groups is 1. The van der Waals surface area contributed by atoms with Crippen LogP contribution in [0.5, 0.6) is 11.5 Å². The van der Waals surface area contributed by atoms with Gasteiger partial charge in [-0.05, 0) is 42.3 Å². The van der Waals surface area contributed by atoms with Gasteiger partial charge in [-0.25, -0.2) is 4.90 Å². The van der Waals surface area contributed by atoms with Gasteiger partial charge in [0, 0.05) is 6.42 Å². The number of phenols is 2. The van der Waals surface area contributed by atoms with Crippen molar-refractivity contribution < 1.29 is 19.8 Å². The van der Waals surface area contributed by atoms with Crippen LogP contribution in [0.3, 0.4) is 0 Å². The molecule has 8 nitrogen and oxygen atoms in total. The summed E-state index contributed by atoms with van der Waals surface area (Å²) in [6.07, 6.45) is 1.37. The van der Waals surface area contributed by atoms with Gasteiger partial charge in [0.1, 0.15) is 5.25 Å². The van der Waals surface area contributed by atoms with E-state index in [1.807, 2.05) is 19.1 Å². The molecule has 1 aliphatic rings. The summed E-state index contributed by atoms with van der Waals surface area (Å²) >= 11 is 0.977. The number of hydrogen-bond donors (Lipinski definition) is 3. The normalized spacial score (nSPS) is 17.7. The predicted octanol–water partition coefficient (Wildman–Crippen LogP) is 2.12. The van der Waals surface area contributed by atoms with Gasteiger partial charge in [-0.3, -0.25) is 9.59 Å². The molecule has 0 spiro atoms. The largest absolute Gasteiger partial charge is 0.504 e. The maximum absolute atomic E-state index is 12.7. The van der Waals surface area contributed by atoms with Crippen LogP contribution < -0.4 is 10.6 Å². The maximum Gasteiger partial charge on any atom is 0.247 e. The molecule has 0 bridgehead atoms. The number of aryl methyl sites for hydroxylation is 1. The van der Waals surface area contributed by atoms with E-state index in [-0.39, 0.29) is 34.9 Å². The Hall–Kier alpha value is -3.33. The van der Waals surface area contributed by atoms with E-state index in [4.69, 9.17) is 5.73 Å². The van der Waals surface area contributed by atoms with Gasteiger partial charge in [0.25, 0.3) is 0 Å². The Morgan fingerprint density at radius 1 is 1.21 bits per heavy atom. The smallest absolute Gasteiger partial charge is 0.247 e. The second-order valence-corrected chi connectivity index (χ2v) is 7.32. The van der Waals surface area contributed by atoms with E-state index >= 15 is 0 Å². The summed E-state index contributed by atoms with van der Waals surface area (Å²) < 4.78 is 0. The van der Waals surface area contributed by atoms with Crippen molar-refractivity contribution in [2.24, 2.45) is 15.9 Å². The van der Waals surface area contributed by atoms with Crippen LogP contribution in [0.15, 0.2) is 52.7 Å². The second kappa shape index (κ2) is 8.13. The average molecular weight is 398 g/mol. The van der Waals surface area contributed by atoms with Gasteiger partial charge in [0.2, 0.25) is 11.8 Å². The van der Waals surface area contributed by atoms with Gasteiger partial charge in [-0.15, -0.1) is 5.10 Å². The molecule has 9 heteroatoms. The Kier molecular flexibility index (Phi) is 5.65. The molecule has 2 aromatic rings. The molecule has 144 valence electrons. The molecule has 2 amide bonds. The van der Waals surface area contributed by atoms with Crippen molar-refractivity contribution in [1.82, 2.24) is 0 Å². The number of anilines is 1. The molecule has 1 heterocycles. The fraction of sp³-hybridized carbons (Fsp3) is 0.158. The number of amides is 2. The van der Waals surface area contributed by atoms with Crippen LogP contribution in [0, 0.1) is 6.92 Å². The van der Waals surface area contributed by atoms with Crippen molar-refractivity contribution in [2.45, 2.75) is 18.6 Å². The summed E-state index contributed by atoms with van der Waals surface area (Å²) in [7, 11) is 0. The summed E-state index contributed by atoms with van der Waals surface area (Å²) in [5.74, 6) is -1.14. The molecule has 0 aromatic heterocycles. The van der Waals surface area contributed by atoms with Gasteiger partial charge < -0.3 is 15.9 Å². The van der Waals surface area contributed by atoms with E-state index in [0.717, 1.165) is 17.3 Å². The fourth-order valence-electron chi connectivity index (χ4n) is 2.71. The number of rotatable bonds is 4. The number of nitrogens with zero attached hydrogens (tertiary/aromatic N) is 3. The van der Waals surface area contributed by atoms with Crippen molar-refractivity contribution >= 4 is 40.6 Å². The Labute approximate surface area is 165 Å². The first-order valence-corrected chi connectivity index (χ1v) is 9.22. The van der Waals surface area contributed by atoms with Crippen LogP contribution in [-0.2, 0) is 9.59 Å². The molecule has 4 N–H and O–H groups in total. The van der Waals surface area contributed by atoms with E-state index < -0.39 is 5.25 Å². The van der Waals surface area contributed by atoms with E-state index in [2.05, 4.69) is 10.2 Å². The van der Waals surface area contributed by atoms with Crippen molar-refractivity contribution in [3.8, 4) is 11.5 Å². The number of phenolic OH excluding ortho intramolecular Hbond substituents is 2. The highest BCUT2D eigenvalue weighted by atomic mass is 32.2. The maximum atomic E-state index is 12.7. The highest BCUT2D eigenvalue weighted by Crippen LogP contribution is 2.31. The van der Waals surface area contributed by atoms with Gasteiger partial charge in [-0.2, -0.15) is 5.10 Å². The zero-order valence-corrected chi connectivity index (χ0v) is 15.8. The summed E-state index contributed by atoms with van der Waals surface area (Å²) in [5.41, 5.74) is 7.73. The Balaban J connectivity index is 1.68. The topological polar surface area (TPSA) is 129 Å². The zero-order chi connectivity index (χ0) is 20.3. The van der Waals surface area contributed by atoms with Crippen molar-refractivity contribution in [3.63, 3.8) is 0 Å². The Bertz CT molecular complexity index is 990. The summed E-state index contributed by atoms with van der Waals surface area (Å²) in [6, 6.07) is 11.4. The fourth-order valence-corrected chi connectivity index (χ4v) is 3.52. The third kappa shape index (κ3) is 4.15. The number of carbonyl (C=O) groups is 2. The predicted molar refractivity (Wildman–Crippen MR) is 109 cm³/mol. The third-order valence-electron chi connectivity index (χ3n) is 4.09. The first kappa shape index (κ1) is 19.4. The lowest BCUT2D eigenvalue weighted by molar-refractivity contribution is -0.121. The van der Waals surface area contributed by atoms with Crippen LogP contribution in [-0.4, -0.2) is 38.7 Å². The molecule has 1 saturated heterocycles. The van der Waals surface area contributed by atoms with Gasteiger partial charge in [0.15, 0.2) is 16.7 Å². The van der Waals surface area contributed by atoms with Crippen molar-refractivity contribution in [3.05, 3.63) is 53.6 Å². The molecule has 1 atom stereocenters.